The maximum atomic E-state index is 5.33. The highest BCUT2D eigenvalue weighted by atomic mass is 16.5. The van der Waals surface area contributed by atoms with Crippen molar-refractivity contribution in [3.8, 4) is 5.75 Å². The lowest BCUT2D eigenvalue weighted by Gasteiger charge is -2.11. The van der Waals surface area contributed by atoms with Crippen molar-refractivity contribution in [3.05, 3.63) is 34.8 Å². The van der Waals surface area contributed by atoms with Gasteiger partial charge in [0.1, 0.15) is 0 Å². The number of aryl methyl sites for hydroxylation is 3. The number of methoxy groups -OCH3 is 1. The van der Waals surface area contributed by atoms with Gasteiger partial charge in [-0.15, -0.1) is 0 Å². The molecule has 0 aliphatic heterocycles. The molecular formula is C15H22N4O. The largest absolute Gasteiger partial charge is 0.493 e. The standard InChI is InChI=1S/C15H22N4O/c1-6-19-12(4)13(11(3)18-19)9-16-15-14(20-5)8-7-10(2)17-15/h7-8H,6,9H2,1-5H3,(H,16,17). The molecule has 5 nitrogen and oxygen atoms in total. The summed E-state index contributed by atoms with van der Waals surface area (Å²) in [6.07, 6.45) is 0. The minimum absolute atomic E-state index is 0.699. The molecule has 2 heterocycles. The first-order valence-corrected chi connectivity index (χ1v) is 6.85. The number of hydrogen-bond donors (Lipinski definition) is 1. The van der Waals surface area contributed by atoms with E-state index in [1.54, 1.807) is 7.11 Å². The highest BCUT2D eigenvalue weighted by Gasteiger charge is 2.12. The van der Waals surface area contributed by atoms with E-state index < -0.39 is 0 Å². The van der Waals surface area contributed by atoms with Crippen molar-refractivity contribution in [1.29, 1.82) is 0 Å². The number of pyridine rings is 1. The third kappa shape index (κ3) is 2.76. The molecule has 0 fully saturated rings. The summed E-state index contributed by atoms with van der Waals surface area (Å²) in [7, 11) is 1.66. The summed E-state index contributed by atoms with van der Waals surface area (Å²) in [4.78, 5) is 4.48. The van der Waals surface area contributed by atoms with Crippen molar-refractivity contribution >= 4 is 5.82 Å². The van der Waals surface area contributed by atoms with Crippen molar-refractivity contribution in [2.75, 3.05) is 12.4 Å². The van der Waals surface area contributed by atoms with E-state index in [0.717, 1.165) is 29.5 Å². The van der Waals surface area contributed by atoms with Gasteiger partial charge in [-0.3, -0.25) is 4.68 Å². The van der Waals surface area contributed by atoms with Crippen molar-refractivity contribution in [2.45, 2.75) is 40.8 Å². The first-order valence-electron chi connectivity index (χ1n) is 6.85. The summed E-state index contributed by atoms with van der Waals surface area (Å²) in [5.74, 6) is 1.53. The topological polar surface area (TPSA) is 52.0 Å². The Bertz CT molecular complexity index is 604. The number of rotatable bonds is 5. The van der Waals surface area contributed by atoms with Crippen LogP contribution in [0.1, 0.15) is 29.6 Å². The molecule has 2 rings (SSSR count). The van der Waals surface area contributed by atoms with Crippen LogP contribution in [-0.4, -0.2) is 21.9 Å². The number of nitrogens with one attached hydrogen (secondary N) is 1. The molecule has 5 heteroatoms. The van der Waals surface area contributed by atoms with Crippen molar-refractivity contribution in [1.82, 2.24) is 14.8 Å². The molecule has 2 aromatic heterocycles. The van der Waals surface area contributed by atoms with Crippen LogP contribution >= 0.6 is 0 Å². The first kappa shape index (κ1) is 14.4. The molecule has 0 aliphatic carbocycles. The molecule has 0 saturated heterocycles. The Hall–Kier alpha value is -2.04. The van der Waals surface area contributed by atoms with Crippen LogP contribution in [0.4, 0.5) is 5.82 Å². The number of hydrogen-bond acceptors (Lipinski definition) is 4. The minimum Gasteiger partial charge on any atom is -0.493 e. The number of nitrogens with zero attached hydrogens (tertiary/aromatic N) is 3. The fourth-order valence-electron chi connectivity index (χ4n) is 2.31. The van der Waals surface area contributed by atoms with Crippen LogP contribution < -0.4 is 10.1 Å². The molecule has 0 saturated carbocycles. The molecule has 1 N–H and O–H groups in total. The van der Waals surface area contributed by atoms with Crippen molar-refractivity contribution in [3.63, 3.8) is 0 Å². The Morgan fingerprint density at radius 3 is 2.60 bits per heavy atom. The van der Waals surface area contributed by atoms with Crippen LogP contribution in [-0.2, 0) is 13.1 Å². The SMILES string of the molecule is CCn1nc(C)c(CNc2nc(C)ccc2OC)c1C. The maximum Gasteiger partial charge on any atom is 0.169 e. The summed E-state index contributed by atoms with van der Waals surface area (Å²) in [5, 5.41) is 7.88. The lowest BCUT2D eigenvalue weighted by Crippen LogP contribution is -2.06. The molecule has 0 aliphatic rings. The third-order valence-electron chi connectivity index (χ3n) is 3.48. The van der Waals surface area contributed by atoms with Crippen LogP contribution in [0.2, 0.25) is 0 Å². The Kier molecular flexibility index (Phi) is 4.27. The van der Waals surface area contributed by atoms with Gasteiger partial charge in [-0.1, -0.05) is 0 Å². The fourth-order valence-corrected chi connectivity index (χ4v) is 2.31. The second kappa shape index (κ2) is 5.94. The van der Waals surface area contributed by atoms with Gasteiger partial charge in [0, 0.05) is 30.0 Å². The van der Waals surface area contributed by atoms with Gasteiger partial charge in [-0.05, 0) is 39.8 Å². The number of ether oxygens (including phenoxy) is 1. The Morgan fingerprint density at radius 2 is 2.00 bits per heavy atom. The Balaban J connectivity index is 2.21. The number of aromatic nitrogens is 3. The van der Waals surface area contributed by atoms with Gasteiger partial charge in [-0.25, -0.2) is 4.98 Å². The summed E-state index contributed by atoms with van der Waals surface area (Å²) < 4.78 is 7.35. The highest BCUT2D eigenvalue weighted by molar-refractivity contribution is 5.51. The van der Waals surface area contributed by atoms with E-state index in [2.05, 4.69) is 29.2 Å². The molecule has 0 unspecified atom stereocenters. The monoisotopic (exact) mass is 274 g/mol. The van der Waals surface area contributed by atoms with Crippen molar-refractivity contribution in [2.24, 2.45) is 0 Å². The van der Waals surface area contributed by atoms with Crippen LogP contribution in [0.3, 0.4) is 0 Å². The average molecular weight is 274 g/mol. The van der Waals surface area contributed by atoms with E-state index in [4.69, 9.17) is 4.74 Å². The van der Waals surface area contributed by atoms with Gasteiger partial charge in [-0.2, -0.15) is 5.10 Å². The molecule has 0 bridgehead atoms. The Labute approximate surface area is 120 Å². The fraction of sp³-hybridized carbons (Fsp3) is 0.467. The minimum atomic E-state index is 0.699. The van der Waals surface area contributed by atoms with E-state index in [9.17, 15) is 0 Å². The van der Waals surface area contributed by atoms with E-state index >= 15 is 0 Å². The van der Waals surface area contributed by atoms with E-state index in [1.165, 1.54) is 11.3 Å². The second-order valence-electron chi connectivity index (χ2n) is 4.82. The van der Waals surface area contributed by atoms with Gasteiger partial charge in [0.25, 0.3) is 0 Å². The van der Waals surface area contributed by atoms with Crippen molar-refractivity contribution < 1.29 is 4.74 Å². The highest BCUT2D eigenvalue weighted by Crippen LogP contribution is 2.23. The van der Waals surface area contributed by atoms with E-state index in [-0.39, 0.29) is 0 Å². The van der Waals surface area contributed by atoms with Gasteiger partial charge in [0.15, 0.2) is 11.6 Å². The zero-order valence-electron chi connectivity index (χ0n) is 12.8. The van der Waals surface area contributed by atoms with Gasteiger partial charge in [0.2, 0.25) is 0 Å². The van der Waals surface area contributed by atoms with Gasteiger partial charge in [0.05, 0.1) is 12.8 Å². The molecule has 0 aromatic carbocycles. The predicted molar refractivity (Wildman–Crippen MR) is 80.2 cm³/mol. The lowest BCUT2D eigenvalue weighted by atomic mass is 10.2. The molecular weight excluding hydrogens is 252 g/mol. The first-order chi connectivity index (χ1) is 9.56. The maximum absolute atomic E-state index is 5.33. The smallest absolute Gasteiger partial charge is 0.169 e. The van der Waals surface area contributed by atoms with Gasteiger partial charge < -0.3 is 10.1 Å². The molecule has 0 spiro atoms. The number of anilines is 1. The Morgan fingerprint density at radius 1 is 1.25 bits per heavy atom. The summed E-state index contributed by atoms with van der Waals surface area (Å²) in [6, 6.07) is 3.87. The molecule has 20 heavy (non-hydrogen) atoms. The van der Waals surface area contributed by atoms with Crippen LogP contribution in [0.5, 0.6) is 5.75 Å². The van der Waals surface area contributed by atoms with Gasteiger partial charge >= 0.3 is 0 Å². The quantitative estimate of drug-likeness (QED) is 0.911. The third-order valence-corrected chi connectivity index (χ3v) is 3.48. The normalized spacial score (nSPS) is 10.7. The van der Waals surface area contributed by atoms with E-state index in [1.807, 2.05) is 30.7 Å². The summed E-state index contributed by atoms with van der Waals surface area (Å²) in [5.41, 5.74) is 4.44. The predicted octanol–water partition coefficient (Wildman–Crippen LogP) is 2.84. The molecule has 2 aromatic rings. The van der Waals surface area contributed by atoms with Crippen LogP contribution in [0.25, 0.3) is 0 Å². The molecule has 108 valence electrons. The average Bonchev–Trinajstić information content (AvgIpc) is 2.71. The summed E-state index contributed by atoms with van der Waals surface area (Å²) >= 11 is 0. The molecule has 0 amide bonds. The van der Waals surface area contributed by atoms with E-state index in [0.29, 0.717) is 6.54 Å². The lowest BCUT2D eigenvalue weighted by molar-refractivity contribution is 0.414. The molecule has 0 atom stereocenters. The summed E-state index contributed by atoms with van der Waals surface area (Å²) in [6.45, 7) is 9.79. The van der Waals surface area contributed by atoms with Crippen LogP contribution in [0.15, 0.2) is 12.1 Å². The second-order valence-corrected chi connectivity index (χ2v) is 4.82. The zero-order chi connectivity index (χ0) is 14.7. The zero-order valence-corrected chi connectivity index (χ0v) is 12.8. The molecule has 0 radical (unpaired) electrons. The van der Waals surface area contributed by atoms with Crippen LogP contribution in [0, 0.1) is 20.8 Å².